The van der Waals surface area contributed by atoms with Crippen molar-refractivity contribution in [2.75, 3.05) is 6.61 Å². The Labute approximate surface area is 172 Å². The van der Waals surface area contributed by atoms with Gasteiger partial charge in [-0.25, -0.2) is 4.98 Å². The minimum Gasteiger partial charge on any atom is -0.374 e. The second-order valence-electron chi connectivity index (χ2n) is 6.64. The smallest absolute Gasteiger partial charge is 0.180 e. The van der Waals surface area contributed by atoms with E-state index in [0.717, 1.165) is 33.7 Å². The van der Waals surface area contributed by atoms with Crippen LogP contribution in [0.25, 0.3) is 33.5 Å². The zero-order valence-electron chi connectivity index (χ0n) is 15.8. The molecule has 0 aliphatic heterocycles. The molecule has 0 aliphatic carbocycles. The van der Waals surface area contributed by atoms with Crippen molar-refractivity contribution in [1.82, 2.24) is 24.1 Å². The first-order valence-electron chi connectivity index (χ1n) is 9.39. The fourth-order valence-corrected chi connectivity index (χ4v) is 3.79. The molecule has 6 nitrogen and oxygen atoms in total. The number of hydrogen-bond donors (Lipinski definition) is 0. The molecule has 1 aromatic carbocycles. The van der Waals surface area contributed by atoms with Gasteiger partial charge >= 0.3 is 0 Å². The number of rotatable bonds is 5. The predicted octanol–water partition coefficient (Wildman–Crippen LogP) is 4.93. The van der Waals surface area contributed by atoms with Crippen LogP contribution in [0.1, 0.15) is 12.7 Å². The van der Waals surface area contributed by atoms with Gasteiger partial charge in [-0.05, 0) is 48.9 Å². The first-order chi connectivity index (χ1) is 14.3. The molecule has 0 atom stereocenters. The number of ether oxygens (including phenoxy) is 1. The van der Waals surface area contributed by atoms with E-state index in [-0.39, 0.29) is 0 Å². The molecule has 0 saturated heterocycles. The van der Waals surface area contributed by atoms with Crippen molar-refractivity contribution < 1.29 is 4.74 Å². The van der Waals surface area contributed by atoms with Gasteiger partial charge in [0.05, 0.1) is 10.5 Å². The number of halogens is 1. The molecule has 0 spiro atoms. The largest absolute Gasteiger partial charge is 0.374 e. The maximum atomic E-state index is 6.70. The second kappa shape index (κ2) is 7.31. The standard InChI is InChI=1S/C22H18ClN5O/c1-2-29-14-20-25-26-22-21(23)17(9-12-28(20)22)15-6-7-18-16(13-15)8-11-27(18)19-5-3-4-10-24-19/h3-13H,2,14H2,1H3. The molecular weight excluding hydrogens is 386 g/mol. The van der Waals surface area contributed by atoms with E-state index < -0.39 is 0 Å². The highest BCUT2D eigenvalue weighted by atomic mass is 35.5. The Balaban J connectivity index is 1.57. The van der Waals surface area contributed by atoms with E-state index in [9.17, 15) is 0 Å². The molecule has 0 N–H and O–H groups in total. The van der Waals surface area contributed by atoms with Crippen molar-refractivity contribution in [3.8, 4) is 16.9 Å². The molecule has 0 bridgehead atoms. The Morgan fingerprint density at radius 1 is 1.03 bits per heavy atom. The molecule has 4 aromatic heterocycles. The first-order valence-corrected chi connectivity index (χ1v) is 9.77. The fraction of sp³-hybridized carbons (Fsp3) is 0.136. The Kier molecular flexibility index (Phi) is 4.50. The summed E-state index contributed by atoms with van der Waals surface area (Å²) in [6, 6.07) is 16.2. The molecule has 5 rings (SSSR count). The zero-order valence-corrected chi connectivity index (χ0v) is 16.5. The molecule has 0 fully saturated rings. The molecule has 0 amide bonds. The van der Waals surface area contributed by atoms with Crippen LogP contribution in [-0.4, -0.2) is 30.8 Å². The van der Waals surface area contributed by atoms with Crippen molar-refractivity contribution in [2.24, 2.45) is 0 Å². The summed E-state index contributed by atoms with van der Waals surface area (Å²) in [5.74, 6) is 1.62. The minimum atomic E-state index is 0.403. The SMILES string of the molecule is CCOCc1nnc2c(Cl)c(-c3ccc4c(ccn4-c4ccccn4)c3)ccn12. The molecule has 0 unspecified atom stereocenters. The van der Waals surface area contributed by atoms with Crippen LogP contribution in [0.5, 0.6) is 0 Å². The van der Waals surface area contributed by atoms with E-state index >= 15 is 0 Å². The van der Waals surface area contributed by atoms with Gasteiger partial charge in [0.15, 0.2) is 11.5 Å². The van der Waals surface area contributed by atoms with Gasteiger partial charge in [-0.3, -0.25) is 4.40 Å². The van der Waals surface area contributed by atoms with Crippen molar-refractivity contribution in [3.05, 3.63) is 78.0 Å². The summed E-state index contributed by atoms with van der Waals surface area (Å²) in [5.41, 5.74) is 3.66. The number of nitrogens with zero attached hydrogens (tertiary/aromatic N) is 5. The lowest BCUT2D eigenvalue weighted by molar-refractivity contribution is 0.127. The lowest BCUT2D eigenvalue weighted by Gasteiger charge is -2.08. The van der Waals surface area contributed by atoms with Gasteiger partial charge in [-0.2, -0.15) is 0 Å². The number of hydrogen-bond acceptors (Lipinski definition) is 4. The Morgan fingerprint density at radius 2 is 1.97 bits per heavy atom. The maximum Gasteiger partial charge on any atom is 0.180 e. The summed E-state index contributed by atoms with van der Waals surface area (Å²) in [6.07, 6.45) is 5.76. The number of fused-ring (bicyclic) bond motifs is 2. The molecular formula is C22H18ClN5O. The van der Waals surface area contributed by atoms with Crippen LogP contribution in [0.15, 0.2) is 67.1 Å². The van der Waals surface area contributed by atoms with Crippen LogP contribution in [0.4, 0.5) is 0 Å². The van der Waals surface area contributed by atoms with Gasteiger partial charge in [0, 0.05) is 36.1 Å². The molecule has 0 saturated carbocycles. The topological polar surface area (TPSA) is 57.2 Å². The van der Waals surface area contributed by atoms with Gasteiger partial charge in [-0.1, -0.05) is 23.7 Å². The summed E-state index contributed by atoms with van der Waals surface area (Å²) >= 11 is 6.70. The summed E-state index contributed by atoms with van der Waals surface area (Å²) in [7, 11) is 0. The lowest BCUT2D eigenvalue weighted by Crippen LogP contribution is -1.99. The average Bonchev–Trinajstić information content (AvgIpc) is 3.37. The molecule has 0 radical (unpaired) electrons. The van der Waals surface area contributed by atoms with Crippen LogP contribution in [0.3, 0.4) is 0 Å². The van der Waals surface area contributed by atoms with Gasteiger partial charge in [0.1, 0.15) is 12.4 Å². The lowest BCUT2D eigenvalue weighted by atomic mass is 10.0. The van der Waals surface area contributed by atoms with Gasteiger partial charge in [0.2, 0.25) is 0 Å². The zero-order chi connectivity index (χ0) is 19.8. The highest BCUT2D eigenvalue weighted by molar-refractivity contribution is 6.36. The predicted molar refractivity (Wildman–Crippen MR) is 113 cm³/mol. The monoisotopic (exact) mass is 403 g/mol. The Bertz CT molecular complexity index is 1310. The third kappa shape index (κ3) is 3.06. The highest BCUT2D eigenvalue weighted by Crippen LogP contribution is 2.33. The van der Waals surface area contributed by atoms with Crippen molar-refractivity contribution >= 4 is 28.2 Å². The molecule has 5 aromatic rings. The normalized spacial score (nSPS) is 11.5. The molecule has 4 heterocycles. The number of aromatic nitrogens is 5. The van der Waals surface area contributed by atoms with Gasteiger partial charge in [0.25, 0.3) is 0 Å². The van der Waals surface area contributed by atoms with Crippen molar-refractivity contribution in [1.29, 1.82) is 0 Å². The van der Waals surface area contributed by atoms with Crippen LogP contribution in [0, 0.1) is 0 Å². The number of pyridine rings is 2. The van der Waals surface area contributed by atoms with Crippen molar-refractivity contribution in [2.45, 2.75) is 13.5 Å². The van der Waals surface area contributed by atoms with E-state index in [1.165, 1.54) is 0 Å². The molecule has 0 aliphatic rings. The van der Waals surface area contributed by atoms with Crippen molar-refractivity contribution in [3.63, 3.8) is 0 Å². The van der Waals surface area contributed by atoms with Gasteiger partial charge in [-0.15, -0.1) is 10.2 Å². The quantitative estimate of drug-likeness (QED) is 0.417. The van der Waals surface area contributed by atoms with Crippen LogP contribution < -0.4 is 0 Å². The first kappa shape index (κ1) is 17.8. The third-order valence-corrected chi connectivity index (χ3v) is 5.29. The summed E-state index contributed by atoms with van der Waals surface area (Å²) in [5, 5.41) is 10.1. The van der Waals surface area contributed by atoms with Crippen LogP contribution in [0.2, 0.25) is 5.02 Å². The highest BCUT2D eigenvalue weighted by Gasteiger charge is 2.14. The fourth-order valence-electron chi connectivity index (χ4n) is 3.49. The molecule has 7 heteroatoms. The van der Waals surface area contributed by atoms with E-state index in [4.69, 9.17) is 16.3 Å². The summed E-state index contributed by atoms with van der Waals surface area (Å²) in [6.45, 7) is 2.98. The summed E-state index contributed by atoms with van der Waals surface area (Å²) < 4.78 is 9.40. The maximum absolute atomic E-state index is 6.70. The van der Waals surface area contributed by atoms with E-state index in [0.29, 0.717) is 23.9 Å². The Morgan fingerprint density at radius 3 is 2.79 bits per heavy atom. The minimum absolute atomic E-state index is 0.403. The van der Waals surface area contributed by atoms with Gasteiger partial charge < -0.3 is 9.30 Å². The molecule has 144 valence electrons. The summed E-state index contributed by atoms with van der Waals surface area (Å²) in [4.78, 5) is 4.44. The van der Waals surface area contributed by atoms with Crippen LogP contribution >= 0.6 is 11.6 Å². The molecule has 29 heavy (non-hydrogen) atoms. The van der Waals surface area contributed by atoms with Crippen LogP contribution in [-0.2, 0) is 11.3 Å². The number of benzene rings is 1. The third-order valence-electron chi connectivity index (χ3n) is 4.92. The van der Waals surface area contributed by atoms with E-state index in [1.807, 2.05) is 48.0 Å². The van der Waals surface area contributed by atoms with E-state index in [2.05, 4.69) is 44.0 Å². The average molecular weight is 404 g/mol. The second-order valence-corrected chi connectivity index (χ2v) is 7.02. The van der Waals surface area contributed by atoms with E-state index in [1.54, 1.807) is 6.20 Å². The Hall–Kier alpha value is -3.22.